The summed E-state index contributed by atoms with van der Waals surface area (Å²) in [4.78, 5) is 13.6. The molecule has 1 rings (SSSR count). The molecule has 1 aromatic rings. The first-order chi connectivity index (χ1) is 7.06. The van der Waals surface area contributed by atoms with Crippen molar-refractivity contribution >= 4 is 5.78 Å². The summed E-state index contributed by atoms with van der Waals surface area (Å²) in [5.74, 6) is 0.000833. The van der Waals surface area contributed by atoms with Crippen molar-refractivity contribution in [3.05, 3.63) is 29.7 Å². The van der Waals surface area contributed by atoms with Crippen molar-refractivity contribution in [2.45, 2.75) is 20.4 Å². The van der Waals surface area contributed by atoms with Crippen LogP contribution in [0, 0.1) is 6.92 Å². The predicted molar refractivity (Wildman–Crippen MR) is 59.8 cm³/mol. The number of carbonyl (C=O) groups is 1. The lowest BCUT2D eigenvalue weighted by molar-refractivity contribution is 0.104. The van der Waals surface area contributed by atoms with Crippen LogP contribution in [0.15, 0.2) is 18.5 Å². The molecule has 82 valence electrons. The van der Waals surface area contributed by atoms with Gasteiger partial charge in [0.2, 0.25) is 0 Å². The third kappa shape index (κ3) is 2.68. The number of allylic oxidation sites excluding steroid dienone is 1. The van der Waals surface area contributed by atoms with Gasteiger partial charge in [0.15, 0.2) is 5.78 Å². The molecule has 0 spiro atoms. The molecule has 0 saturated heterocycles. The van der Waals surface area contributed by atoms with Crippen molar-refractivity contribution in [3.63, 3.8) is 0 Å². The van der Waals surface area contributed by atoms with Gasteiger partial charge in [-0.15, -0.1) is 0 Å². The highest BCUT2D eigenvalue weighted by molar-refractivity contribution is 6.05. The van der Waals surface area contributed by atoms with Crippen LogP contribution < -0.4 is 0 Å². The molecular formula is C11H17N3O. The van der Waals surface area contributed by atoms with Gasteiger partial charge >= 0.3 is 0 Å². The molecular weight excluding hydrogens is 190 g/mol. The average molecular weight is 207 g/mol. The normalized spacial score (nSPS) is 10.9. The fourth-order valence-corrected chi connectivity index (χ4v) is 1.31. The van der Waals surface area contributed by atoms with Crippen LogP contribution in [0.1, 0.15) is 23.0 Å². The molecule has 0 unspecified atom stereocenters. The molecule has 0 N–H and O–H groups in total. The van der Waals surface area contributed by atoms with E-state index in [9.17, 15) is 4.79 Å². The fraction of sp³-hybridized carbons (Fsp3) is 0.455. The van der Waals surface area contributed by atoms with Crippen molar-refractivity contribution in [1.29, 1.82) is 0 Å². The lowest BCUT2D eigenvalue weighted by atomic mass is 10.2. The van der Waals surface area contributed by atoms with E-state index < -0.39 is 0 Å². The lowest BCUT2D eigenvalue weighted by Gasteiger charge is -2.02. The Labute approximate surface area is 90.2 Å². The van der Waals surface area contributed by atoms with Gasteiger partial charge in [0.25, 0.3) is 0 Å². The van der Waals surface area contributed by atoms with E-state index in [0.29, 0.717) is 5.56 Å². The second-order valence-electron chi connectivity index (χ2n) is 3.60. The zero-order chi connectivity index (χ0) is 11.4. The van der Waals surface area contributed by atoms with Gasteiger partial charge in [-0.1, -0.05) is 0 Å². The van der Waals surface area contributed by atoms with E-state index in [1.807, 2.05) is 37.5 Å². The van der Waals surface area contributed by atoms with Crippen LogP contribution in [-0.2, 0) is 6.54 Å². The molecule has 0 aromatic carbocycles. The molecule has 0 aliphatic rings. The van der Waals surface area contributed by atoms with Crippen LogP contribution in [0.5, 0.6) is 0 Å². The highest BCUT2D eigenvalue weighted by Gasteiger charge is 2.10. The zero-order valence-electron chi connectivity index (χ0n) is 9.69. The van der Waals surface area contributed by atoms with Crippen LogP contribution in [0.25, 0.3) is 0 Å². The molecule has 4 heteroatoms. The molecule has 1 aromatic heterocycles. The van der Waals surface area contributed by atoms with Gasteiger partial charge < -0.3 is 4.90 Å². The van der Waals surface area contributed by atoms with E-state index in [4.69, 9.17) is 0 Å². The third-order valence-electron chi connectivity index (χ3n) is 2.19. The minimum Gasteiger partial charge on any atom is -0.383 e. The van der Waals surface area contributed by atoms with Crippen LogP contribution in [0.3, 0.4) is 0 Å². The van der Waals surface area contributed by atoms with Crippen LogP contribution in [0.2, 0.25) is 0 Å². The van der Waals surface area contributed by atoms with Crippen molar-refractivity contribution in [1.82, 2.24) is 14.7 Å². The minimum absolute atomic E-state index is 0.000833. The fourth-order valence-electron chi connectivity index (χ4n) is 1.31. The summed E-state index contributed by atoms with van der Waals surface area (Å²) in [5, 5.41) is 4.13. The molecule has 0 atom stereocenters. The Balaban J connectivity index is 2.87. The number of hydrogen-bond acceptors (Lipinski definition) is 3. The van der Waals surface area contributed by atoms with Crippen LogP contribution >= 0.6 is 0 Å². The highest BCUT2D eigenvalue weighted by atomic mass is 16.1. The van der Waals surface area contributed by atoms with Gasteiger partial charge in [-0.05, 0) is 13.8 Å². The standard InChI is InChI=1S/C11H17N3O/c1-5-14-9(2)10(8-12-14)11(15)6-7-13(3)4/h6-8H,5H2,1-4H3/b7-6+. The monoisotopic (exact) mass is 207 g/mol. The van der Waals surface area contributed by atoms with Gasteiger partial charge in [0.05, 0.1) is 11.8 Å². The Bertz CT molecular complexity index is 377. The van der Waals surface area contributed by atoms with Crippen molar-refractivity contribution < 1.29 is 4.79 Å². The Morgan fingerprint density at radius 2 is 2.27 bits per heavy atom. The molecule has 0 amide bonds. The van der Waals surface area contributed by atoms with Crippen molar-refractivity contribution in [2.75, 3.05) is 14.1 Å². The molecule has 15 heavy (non-hydrogen) atoms. The maximum absolute atomic E-state index is 11.7. The van der Waals surface area contributed by atoms with Crippen LogP contribution in [0.4, 0.5) is 0 Å². The first-order valence-electron chi connectivity index (χ1n) is 4.97. The second-order valence-corrected chi connectivity index (χ2v) is 3.60. The largest absolute Gasteiger partial charge is 0.383 e. The molecule has 0 fully saturated rings. The summed E-state index contributed by atoms with van der Waals surface area (Å²) in [6.45, 7) is 4.70. The summed E-state index contributed by atoms with van der Waals surface area (Å²) in [5.41, 5.74) is 1.60. The van der Waals surface area contributed by atoms with E-state index >= 15 is 0 Å². The Morgan fingerprint density at radius 3 is 2.73 bits per heavy atom. The Morgan fingerprint density at radius 1 is 1.60 bits per heavy atom. The molecule has 0 aliphatic heterocycles. The number of rotatable bonds is 4. The maximum Gasteiger partial charge on any atom is 0.190 e. The molecule has 0 radical (unpaired) electrons. The summed E-state index contributed by atoms with van der Waals surface area (Å²) < 4.78 is 1.82. The number of nitrogens with zero attached hydrogens (tertiary/aromatic N) is 3. The Hall–Kier alpha value is -1.58. The molecule has 1 heterocycles. The average Bonchev–Trinajstić information content (AvgIpc) is 2.56. The summed E-state index contributed by atoms with van der Waals surface area (Å²) in [6.07, 6.45) is 4.93. The molecule has 0 bridgehead atoms. The molecule has 0 saturated carbocycles. The van der Waals surface area contributed by atoms with E-state index in [2.05, 4.69) is 5.10 Å². The first-order valence-corrected chi connectivity index (χ1v) is 4.97. The highest BCUT2D eigenvalue weighted by Crippen LogP contribution is 2.08. The van der Waals surface area contributed by atoms with Gasteiger partial charge in [-0.3, -0.25) is 9.48 Å². The van der Waals surface area contributed by atoms with Gasteiger partial charge in [-0.25, -0.2) is 0 Å². The topological polar surface area (TPSA) is 38.1 Å². The number of aryl methyl sites for hydroxylation is 1. The lowest BCUT2D eigenvalue weighted by Crippen LogP contribution is -2.04. The summed E-state index contributed by atoms with van der Waals surface area (Å²) in [6, 6.07) is 0. The maximum atomic E-state index is 11.7. The van der Waals surface area contributed by atoms with E-state index in [-0.39, 0.29) is 5.78 Å². The number of carbonyl (C=O) groups excluding carboxylic acids is 1. The van der Waals surface area contributed by atoms with E-state index in [0.717, 1.165) is 12.2 Å². The second kappa shape index (κ2) is 4.77. The predicted octanol–water partition coefficient (Wildman–Crippen LogP) is 1.47. The van der Waals surface area contributed by atoms with Crippen LogP contribution in [-0.4, -0.2) is 34.6 Å². The van der Waals surface area contributed by atoms with Crippen molar-refractivity contribution in [2.24, 2.45) is 0 Å². The summed E-state index contributed by atoms with van der Waals surface area (Å²) >= 11 is 0. The van der Waals surface area contributed by atoms with E-state index in [1.165, 1.54) is 0 Å². The number of ketones is 1. The number of aromatic nitrogens is 2. The van der Waals surface area contributed by atoms with Gasteiger partial charge in [0.1, 0.15) is 0 Å². The minimum atomic E-state index is 0.000833. The quantitative estimate of drug-likeness (QED) is 0.554. The number of hydrogen-bond donors (Lipinski definition) is 0. The smallest absolute Gasteiger partial charge is 0.190 e. The summed E-state index contributed by atoms with van der Waals surface area (Å²) in [7, 11) is 3.76. The zero-order valence-corrected chi connectivity index (χ0v) is 9.69. The molecule has 0 aliphatic carbocycles. The van der Waals surface area contributed by atoms with E-state index in [1.54, 1.807) is 18.5 Å². The van der Waals surface area contributed by atoms with Gasteiger partial charge in [0, 0.05) is 38.6 Å². The Kier molecular flexibility index (Phi) is 3.66. The third-order valence-corrected chi connectivity index (χ3v) is 2.19. The molecule has 4 nitrogen and oxygen atoms in total. The first kappa shape index (κ1) is 11.5. The van der Waals surface area contributed by atoms with Crippen molar-refractivity contribution in [3.8, 4) is 0 Å². The van der Waals surface area contributed by atoms with Gasteiger partial charge in [-0.2, -0.15) is 5.10 Å². The SMILES string of the molecule is CCn1ncc(C(=O)/C=C/N(C)C)c1C.